The molecular formula is C21H25N3O2. The molecule has 1 aromatic heterocycles. The molecule has 0 radical (unpaired) electrons. The van der Waals surface area contributed by atoms with Crippen LogP contribution in [0.1, 0.15) is 47.2 Å². The number of likely N-dealkylation sites (N-methyl/N-ethyl adjacent to an activating group) is 1. The Kier molecular flexibility index (Phi) is 4.64. The number of pyridine rings is 1. The highest BCUT2D eigenvalue weighted by Gasteiger charge is 2.30. The maximum Gasteiger partial charge on any atom is 0.250 e. The second-order valence-corrected chi connectivity index (χ2v) is 7.45. The van der Waals surface area contributed by atoms with Crippen molar-refractivity contribution in [1.82, 2.24) is 9.88 Å². The maximum atomic E-state index is 11.1. The fraction of sp³-hybridized carbons (Fsp3) is 0.429. The number of carbonyl (C=O) groups is 1. The van der Waals surface area contributed by atoms with Crippen LogP contribution in [0.4, 0.5) is 0 Å². The first kappa shape index (κ1) is 17.0. The zero-order chi connectivity index (χ0) is 18.1. The summed E-state index contributed by atoms with van der Waals surface area (Å²) < 4.78 is 5.86. The van der Waals surface area contributed by atoms with Crippen molar-refractivity contribution < 1.29 is 9.53 Å². The first-order chi connectivity index (χ1) is 12.6. The average Bonchev–Trinajstić information content (AvgIpc) is 3.31. The molecule has 2 aromatic rings. The van der Waals surface area contributed by atoms with Gasteiger partial charge in [-0.3, -0.25) is 9.69 Å². The van der Waals surface area contributed by atoms with Gasteiger partial charge in [0.2, 0.25) is 11.8 Å². The molecule has 4 rings (SSSR count). The highest BCUT2D eigenvalue weighted by molar-refractivity contribution is 5.92. The number of rotatable bonds is 5. The Labute approximate surface area is 154 Å². The standard InChI is InChI=1S/C21H25N3O2/c1-24(17-4-2-3-5-17)18-10-14-6-8-19(12-16(14)11-18)26-20-9-7-15(13-23-20)21(22)25/h6-9,12-13,17-18H,2-5,10-11H2,1H3,(H2,22,25). The van der Waals surface area contributed by atoms with E-state index in [0.717, 1.165) is 24.6 Å². The highest BCUT2D eigenvalue weighted by atomic mass is 16.5. The van der Waals surface area contributed by atoms with Gasteiger partial charge in [0.25, 0.3) is 0 Å². The molecule has 1 amide bonds. The number of nitrogens with zero attached hydrogens (tertiary/aromatic N) is 2. The van der Waals surface area contributed by atoms with Gasteiger partial charge in [0, 0.05) is 24.3 Å². The summed E-state index contributed by atoms with van der Waals surface area (Å²) in [6.07, 6.45) is 9.05. The van der Waals surface area contributed by atoms with Crippen molar-refractivity contribution in [1.29, 1.82) is 0 Å². The van der Waals surface area contributed by atoms with Gasteiger partial charge in [-0.15, -0.1) is 0 Å². The quantitative estimate of drug-likeness (QED) is 0.897. The van der Waals surface area contributed by atoms with E-state index in [0.29, 0.717) is 17.5 Å². The predicted molar refractivity (Wildman–Crippen MR) is 100 cm³/mol. The Bertz CT molecular complexity index is 797. The molecule has 5 heteroatoms. The number of fused-ring (bicyclic) bond motifs is 1. The van der Waals surface area contributed by atoms with E-state index in [4.69, 9.17) is 10.5 Å². The third-order valence-electron chi connectivity index (χ3n) is 5.81. The van der Waals surface area contributed by atoms with Crippen molar-refractivity contribution in [2.24, 2.45) is 5.73 Å². The van der Waals surface area contributed by atoms with E-state index in [1.807, 2.05) is 6.07 Å². The number of hydrogen-bond donors (Lipinski definition) is 1. The van der Waals surface area contributed by atoms with E-state index in [9.17, 15) is 4.79 Å². The lowest BCUT2D eigenvalue weighted by molar-refractivity contribution is 0.1000. The van der Waals surface area contributed by atoms with E-state index < -0.39 is 5.91 Å². The lowest BCUT2D eigenvalue weighted by atomic mass is 10.1. The summed E-state index contributed by atoms with van der Waals surface area (Å²) in [4.78, 5) is 17.9. The number of benzene rings is 1. The summed E-state index contributed by atoms with van der Waals surface area (Å²) in [6, 6.07) is 10.9. The molecule has 0 bridgehead atoms. The van der Waals surface area contributed by atoms with Gasteiger partial charge in [-0.25, -0.2) is 4.98 Å². The van der Waals surface area contributed by atoms with Crippen LogP contribution >= 0.6 is 0 Å². The molecule has 0 spiro atoms. The summed E-state index contributed by atoms with van der Waals surface area (Å²) in [6.45, 7) is 0. The number of nitrogens with two attached hydrogens (primary N) is 1. The second kappa shape index (κ2) is 7.08. The first-order valence-electron chi connectivity index (χ1n) is 9.37. The lowest BCUT2D eigenvalue weighted by Gasteiger charge is -2.30. The molecule has 1 atom stereocenters. The number of amides is 1. The molecule has 1 heterocycles. The Balaban J connectivity index is 1.44. The van der Waals surface area contributed by atoms with Gasteiger partial charge >= 0.3 is 0 Å². The average molecular weight is 351 g/mol. The molecule has 2 aliphatic carbocycles. The van der Waals surface area contributed by atoms with E-state index in [1.165, 1.54) is 43.0 Å². The van der Waals surface area contributed by atoms with Crippen LogP contribution in [0.3, 0.4) is 0 Å². The summed E-state index contributed by atoms with van der Waals surface area (Å²) in [7, 11) is 2.29. The molecular weight excluding hydrogens is 326 g/mol. The van der Waals surface area contributed by atoms with E-state index in [1.54, 1.807) is 12.1 Å². The van der Waals surface area contributed by atoms with Crippen molar-refractivity contribution in [2.45, 2.75) is 50.6 Å². The largest absolute Gasteiger partial charge is 0.439 e. The van der Waals surface area contributed by atoms with Gasteiger partial charge < -0.3 is 10.5 Å². The fourth-order valence-corrected chi connectivity index (χ4v) is 4.24. The van der Waals surface area contributed by atoms with E-state index >= 15 is 0 Å². The molecule has 1 saturated carbocycles. The summed E-state index contributed by atoms with van der Waals surface area (Å²) in [5.74, 6) is 0.763. The topological polar surface area (TPSA) is 68.5 Å². The third kappa shape index (κ3) is 3.44. The number of aromatic nitrogens is 1. The van der Waals surface area contributed by atoms with Crippen LogP contribution < -0.4 is 10.5 Å². The minimum atomic E-state index is -0.487. The van der Waals surface area contributed by atoms with Crippen LogP contribution in [-0.2, 0) is 12.8 Å². The van der Waals surface area contributed by atoms with E-state index in [-0.39, 0.29) is 0 Å². The van der Waals surface area contributed by atoms with Gasteiger partial charge in [-0.05, 0) is 62.1 Å². The maximum absolute atomic E-state index is 11.1. The van der Waals surface area contributed by atoms with Gasteiger partial charge in [-0.2, -0.15) is 0 Å². The molecule has 0 saturated heterocycles. The number of ether oxygens (including phenoxy) is 1. The number of primary amides is 1. The minimum Gasteiger partial charge on any atom is -0.439 e. The number of carbonyl (C=O) groups excluding carboxylic acids is 1. The highest BCUT2D eigenvalue weighted by Crippen LogP contribution is 2.33. The minimum absolute atomic E-state index is 0.379. The van der Waals surface area contributed by atoms with Gasteiger partial charge in [-0.1, -0.05) is 18.9 Å². The zero-order valence-electron chi connectivity index (χ0n) is 15.1. The number of hydrogen-bond acceptors (Lipinski definition) is 4. The summed E-state index contributed by atoms with van der Waals surface area (Å²) >= 11 is 0. The second-order valence-electron chi connectivity index (χ2n) is 7.45. The smallest absolute Gasteiger partial charge is 0.250 e. The van der Waals surface area contributed by atoms with Crippen molar-refractivity contribution in [2.75, 3.05) is 7.05 Å². The van der Waals surface area contributed by atoms with Crippen molar-refractivity contribution in [3.05, 3.63) is 53.2 Å². The Morgan fingerprint density at radius 2 is 1.88 bits per heavy atom. The van der Waals surface area contributed by atoms with Crippen LogP contribution in [0.5, 0.6) is 11.6 Å². The van der Waals surface area contributed by atoms with Crippen LogP contribution in [0.15, 0.2) is 36.5 Å². The normalized spacial score (nSPS) is 19.7. The molecule has 1 aromatic carbocycles. The molecule has 1 unspecified atom stereocenters. The molecule has 0 aliphatic heterocycles. The monoisotopic (exact) mass is 351 g/mol. The van der Waals surface area contributed by atoms with Crippen LogP contribution in [0.2, 0.25) is 0 Å². The fourth-order valence-electron chi connectivity index (χ4n) is 4.24. The molecule has 2 N–H and O–H groups in total. The van der Waals surface area contributed by atoms with Crippen molar-refractivity contribution in [3.8, 4) is 11.6 Å². The van der Waals surface area contributed by atoms with Crippen molar-refractivity contribution >= 4 is 5.91 Å². The molecule has 5 nitrogen and oxygen atoms in total. The Hall–Kier alpha value is -2.40. The van der Waals surface area contributed by atoms with Crippen LogP contribution in [0.25, 0.3) is 0 Å². The predicted octanol–water partition coefficient (Wildman–Crippen LogP) is 3.31. The van der Waals surface area contributed by atoms with Gasteiger partial charge in [0.05, 0.1) is 5.56 Å². The first-order valence-corrected chi connectivity index (χ1v) is 9.37. The third-order valence-corrected chi connectivity index (χ3v) is 5.81. The SMILES string of the molecule is CN(C1CCCC1)C1Cc2ccc(Oc3ccc(C(N)=O)cn3)cc2C1. The van der Waals surface area contributed by atoms with Gasteiger partial charge in [0.1, 0.15) is 5.75 Å². The van der Waals surface area contributed by atoms with E-state index in [2.05, 4.69) is 29.1 Å². The molecule has 2 aliphatic rings. The summed E-state index contributed by atoms with van der Waals surface area (Å²) in [5.41, 5.74) is 8.40. The molecule has 136 valence electrons. The zero-order valence-corrected chi connectivity index (χ0v) is 15.1. The Morgan fingerprint density at radius 1 is 1.12 bits per heavy atom. The van der Waals surface area contributed by atoms with Crippen LogP contribution in [-0.4, -0.2) is 34.9 Å². The van der Waals surface area contributed by atoms with Gasteiger partial charge in [0.15, 0.2) is 0 Å². The summed E-state index contributed by atoms with van der Waals surface area (Å²) in [5, 5.41) is 0. The van der Waals surface area contributed by atoms with Crippen LogP contribution in [0, 0.1) is 0 Å². The lowest BCUT2D eigenvalue weighted by Crippen LogP contribution is -2.39. The molecule has 26 heavy (non-hydrogen) atoms. The Morgan fingerprint density at radius 3 is 2.58 bits per heavy atom. The van der Waals surface area contributed by atoms with Crippen molar-refractivity contribution in [3.63, 3.8) is 0 Å². The molecule has 1 fully saturated rings.